The lowest BCUT2D eigenvalue weighted by Gasteiger charge is -2.14. The van der Waals surface area contributed by atoms with Crippen molar-refractivity contribution in [2.24, 2.45) is 0 Å². The highest BCUT2D eigenvalue weighted by Crippen LogP contribution is 2.11. The molecule has 1 N–H and O–H groups in total. The molecule has 21 heavy (non-hydrogen) atoms. The van der Waals surface area contributed by atoms with Crippen LogP contribution >= 0.6 is 0 Å². The largest absolute Gasteiger partial charge is 0.375 e. The van der Waals surface area contributed by atoms with Crippen LogP contribution in [0.25, 0.3) is 0 Å². The zero-order valence-corrected chi connectivity index (χ0v) is 11.8. The Hall–Kier alpha value is -1.98. The molecule has 0 saturated carbocycles. The molecule has 0 bridgehead atoms. The first kappa shape index (κ1) is 15.4. The summed E-state index contributed by atoms with van der Waals surface area (Å²) in [5.41, 5.74) is 1.33. The van der Waals surface area contributed by atoms with Crippen LogP contribution in [-0.2, 0) is 20.9 Å². The Kier molecular flexibility index (Phi) is 6.12. The smallest absolute Gasteiger partial charge is 0.252 e. The number of carbonyl (C=O) groups is 2. The van der Waals surface area contributed by atoms with Gasteiger partial charge in [0.25, 0.3) is 5.91 Å². The predicted molar refractivity (Wildman–Crippen MR) is 78.0 cm³/mol. The third-order valence-corrected chi connectivity index (χ3v) is 3.14. The van der Waals surface area contributed by atoms with Gasteiger partial charge in [-0.2, -0.15) is 0 Å². The van der Waals surface area contributed by atoms with E-state index in [2.05, 4.69) is 5.32 Å². The number of amides is 1. The normalized spacial score (nSPS) is 22.5. The number of aldehydes is 1. The van der Waals surface area contributed by atoms with Gasteiger partial charge in [0.05, 0.1) is 32.5 Å². The molecule has 1 aromatic rings. The summed E-state index contributed by atoms with van der Waals surface area (Å²) in [6.07, 6.45) is 4.87. The number of ether oxygens (including phenoxy) is 2. The standard InChI is InChI=1S/C16H19NO4/c18-11-14-6-3-4-8-20-9-10-21-12-13-5-1-2-7-15(13)16(19)17-14/h1-5,7,11,14H,6,8-10,12H2,(H,17,19)/b4-3-/t14-/m0/s1. The van der Waals surface area contributed by atoms with Crippen molar-refractivity contribution in [3.05, 3.63) is 47.5 Å². The van der Waals surface area contributed by atoms with Crippen molar-refractivity contribution < 1.29 is 19.1 Å². The van der Waals surface area contributed by atoms with Crippen molar-refractivity contribution in [1.82, 2.24) is 5.32 Å². The second-order valence-corrected chi connectivity index (χ2v) is 4.71. The molecule has 0 saturated heterocycles. The van der Waals surface area contributed by atoms with Gasteiger partial charge >= 0.3 is 0 Å². The summed E-state index contributed by atoms with van der Waals surface area (Å²) in [6, 6.07) is 6.69. The highest BCUT2D eigenvalue weighted by molar-refractivity contribution is 5.97. The van der Waals surface area contributed by atoms with Crippen LogP contribution in [-0.4, -0.2) is 38.1 Å². The Morgan fingerprint density at radius 1 is 1.14 bits per heavy atom. The van der Waals surface area contributed by atoms with Gasteiger partial charge in [0.15, 0.2) is 0 Å². The average molecular weight is 289 g/mol. The van der Waals surface area contributed by atoms with Gasteiger partial charge in [-0.25, -0.2) is 0 Å². The fourth-order valence-corrected chi connectivity index (χ4v) is 2.02. The van der Waals surface area contributed by atoms with Gasteiger partial charge in [-0.15, -0.1) is 0 Å². The van der Waals surface area contributed by atoms with Gasteiger partial charge in [-0.3, -0.25) is 4.79 Å². The summed E-state index contributed by atoms with van der Waals surface area (Å²) in [4.78, 5) is 23.3. The van der Waals surface area contributed by atoms with Gasteiger partial charge < -0.3 is 19.6 Å². The van der Waals surface area contributed by atoms with Crippen molar-refractivity contribution in [1.29, 1.82) is 0 Å². The Morgan fingerprint density at radius 2 is 1.95 bits per heavy atom. The number of hydrogen-bond acceptors (Lipinski definition) is 4. The van der Waals surface area contributed by atoms with Crippen LogP contribution in [0, 0.1) is 0 Å². The summed E-state index contributed by atoms with van der Waals surface area (Å²) < 4.78 is 10.9. The monoisotopic (exact) mass is 289 g/mol. The molecule has 1 aliphatic rings. The van der Waals surface area contributed by atoms with Crippen molar-refractivity contribution in [3.8, 4) is 0 Å². The van der Waals surface area contributed by atoms with E-state index in [1.54, 1.807) is 12.1 Å². The summed E-state index contributed by atoms with van der Waals surface area (Å²) in [5, 5.41) is 2.72. The molecule has 1 atom stereocenters. The zero-order chi connectivity index (χ0) is 14.9. The fraction of sp³-hybridized carbons (Fsp3) is 0.375. The number of rotatable bonds is 1. The van der Waals surface area contributed by atoms with Crippen molar-refractivity contribution in [2.45, 2.75) is 19.1 Å². The second kappa shape index (κ2) is 8.34. The van der Waals surface area contributed by atoms with E-state index >= 15 is 0 Å². The van der Waals surface area contributed by atoms with E-state index < -0.39 is 6.04 Å². The molecule has 5 nitrogen and oxygen atoms in total. The van der Waals surface area contributed by atoms with Crippen LogP contribution in [0.3, 0.4) is 0 Å². The molecule has 2 rings (SSSR count). The molecule has 0 aliphatic carbocycles. The van der Waals surface area contributed by atoms with Gasteiger partial charge in [0.1, 0.15) is 6.29 Å². The van der Waals surface area contributed by atoms with E-state index in [0.29, 0.717) is 38.4 Å². The highest BCUT2D eigenvalue weighted by Gasteiger charge is 2.15. The van der Waals surface area contributed by atoms with E-state index in [-0.39, 0.29) is 5.91 Å². The summed E-state index contributed by atoms with van der Waals surface area (Å²) in [5.74, 6) is -0.256. The maximum atomic E-state index is 12.3. The zero-order valence-electron chi connectivity index (χ0n) is 11.8. The van der Waals surface area contributed by atoms with E-state index in [1.807, 2.05) is 24.3 Å². The predicted octanol–water partition coefficient (Wildman–Crippen LogP) is 1.48. The average Bonchev–Trinajstić information content (AvgIpc) is 2.51. The quantitative estimate of drug-likeness (QED) is 0.628. The lowest BCUT2D eigenvalue weighted by atomic mass is 10.1. The molecule has 1 amide bonds. The Labute approximate surface area is 123 Å². The molecule has 1 aromatic carbocycles. The number of nitrogens with one attached hydrogen (secondary N) is 1. The fourth-order valence-electron chi connectivity index (χ4n) is 2.02. The molecule has 0 spiro atoms. The summed E-state index contributed by atoms with van der Waals surface area (Å²) in [6.45, 7) is 1.78. The minimum atomic E-state index is -0.536. The van der Waals surface area contributed by atoms with Crippen molar-refractivity contribution in [3.63, 3.8) is 0 Å². The Bertz CT molecular complexity index is 513. The molecule has 5 heteroatoms. The van der Waals surface area contributed by atoms with Gasteiger partial charge in [0.2, 0.25) is 0 Å². The van der Waals surface area contributed by atoms with Crippen LogP contribution in [0.4, 0.5) is 0 Å². The van der Waals surface area contributed by atoms with Gasteiger partial charge in [-0.05, 0) is 18.1 Å². The van der Waals surface area contributed by atoms with Crippen molar-refractivity contribution >= 4 is 12.2 Å². The maximum Gasteiger partial charge on any atom is 0.252 e. The molecule has 1 heterocycles. The van der Waals surface area contributed by atoms with Crippen LogP contribution in [0.2, 0.25) is 0 Å². The van der Waals surface area contributed by atoms with E-state index in [9.17, 15) is 9.59 Å². The topological polar surface area (TPSA) is 64.6 Å². The van der Waals surface area contributed by atoms with Crippen LogP contribution < -0.4 is 5.32 Å². The van der Waals surface area contributed by atoms with Gasteiger partial charge in [0, 0.05) is 5.56 Å². The molecule has 0 radical (unpaired) electrons. The molecule has 1 aliphatic heterocycles. The van der Waals surface area contributed by atoms with Crippen molar-refractivity contribution in [2.75, 3.05) is 19.8 Å². The van der Waals surface area contributed by atoms with Gasteiger partial charge in [-0.1, -0.05) is 30.4 Å². The van der Waals surface area contributed by atoms with E-state index in [1.165, 1.54) is 0 Å². The van der Waals surface area contributed by atoms with Crippen LogP contribution in [0.1, 0.15) is 22.3 Å². The van der Waals surface area contributed by atoms with E-state index in [0.717, 1.165) is 11.8 Å². The number of benzene rings is 1. The van der Waals surface area contributed by atoms with E-state index in [4.69, 9.17) is 9.47 Å². The molecular weight excluding hydrogens is 270 g/mol. The molecule has 0 unspecified atom stereocenters. The molecule has 0 aromatic heterocycles. The van der Waals surface area contributed by atoms with Crippen LogP contribution in [0.5, 0.6) is 0 Å². The first-order valence-corrected chi connectivity index (χ1v) is 6.96. The Morgan fingerprint density at radius 3 is 2.81 bits per heavy atom. The number of carbonyl (C=O) groups excluding carboxylic acids is 2. The number of fused-ring (bicyclic) bond motifs is 1. The third-order valence-electron chi connectivity index (χ3n) is 3.14. The Balaban J connectivity index is 2.16. The second-order valence-electron chi connectivity index (χ2n) is 4.71. The number of hydrogen-bond donors (Lipinski definition) is 1. The first-order valence-electron chi connectivity index (χ1n) is 6.96. The maximum absolute atomic E-state index is 12.3. The summed E-state index contributed by atoms with van der Waals surface area (Å²) >= 11 is 0. The first-order chi connectivity index (χ1) is 10.3. The summed E-state index contributed by atoms with van der Waals surface area (Å²) in [7, 11) is 0. The lowest BCUT2D eigenvalue weighted by Crippen LogP contribution is -2.36. The minimum absolute atomic E-state index is 0.256. The molecule has 0 fully saturated rings. The van der Waals surface area contributed by atoms with Crippen LogP contribution in [0.15, 0.2) is 36.4 Å². The minimum Gasteiger partial charge on any atom is -0.375 e. The molecule has 112 valence electrons. The SMILES string of the molecule is O=C[C@@H]1C/C=C\COCCOCc2ccccc2C(=O)N1. The highest BCUT2D eigenvalue weighted by atomic mass is 16.5. The third kappa shape index (κ3) is 4.81. The molecular formula is C16H19NO4. The lowest BCUT2D eigenvalue weighted by molar-refractivity contribution is -0.109.